The maximum absolute atomic E-state index is 12.3. The number of pyridine rings is 1. The van der Waals surface area contributed by atoms with Crippen LogP contribution in [0.5, 0.6) is 0 Å². The highest BCUT2D eigenvalue weighted by molar-refractivity contribution is 5.85. The number of nitrogens with zero attached hydrogens (tertiary/aromatic N) is 2. The number of rotatable bonds is 5. The van der Waals surface area contributed by atoms with E-state index in [9.17, 15) is 4.79 Å². The van der Waals surface area contributed by atoms with Crippen LogP contribution in [0.4, 0.5) is 0 Å². The first-order valence-electron chi connectivity index (χ1n) is 9.09. The van der Waals surface area contributed by atoms with Gasteiger partial charge in [-0.05, 0) is 49.4 Å². The predicted octanol–water partition coefficient (Wildman–Crippen LogP) is 1.53. The monoisotopic (exact) mass is 326 g/mol. The minimum Gasteiger partial charge on any atom is -0.324 e. The molecule has 0 aliphatic carbocycles. The molecule has 5 heteroatoms. The van der Waals surface area contributed by atoms with E-state index in [0.717, 1.165) is 55.7 Å². The standard InChI is InChI=1S/C19H26N4O/c24-19-17-6-2-1-5-15(17)16-7-11-23(13-18(16)21-19)14-20-8-12-22-9-3-4-10-22/h1-2,5-6,20H,3-4,7-14H2,(H,21,24). The Bertz CT molecular complexity index is 764. The molecule has 0 spiro atoms. The fourth-order valence-electron chi connectivity index (χ4n) is 4.00. The Hall–Kier alpha value is -1.69. The minimum absolute atomic E-state index is 0.0354. The van der Waals surface area contributed by atoms with Crippen molar-refractivity contribution in [3.63, 3.8) is 0 Å². The Labute approximate surface area is 142 Å². The van der Waals surface area contributed by atoms with Crippen LogP contribution in [0.2, 0.25) is 0 Å². The van der Waals surface area contributed by atoms with Crippen molar-refractivity contribution in [2.75, 3.05) is 39.4 Å². The number of H-pyrrole nitrogens is 1. The van der Waals surface area contributed by atoms with E-state index >= 15 is 0 Å². The van der Waals surface area contributed by atoms with Crippen molar-refractivity contribution in [1.82, 2.24) is 20.1 Å². The summed E-state index contributed by atoms with van der Waals surface area (Å²) in [7, 11) is 0. The number of nitrogens with one attached hydrogen (secondary N) is 2. The molecule has 24 heavy (non-hydrogen) atoms. The van der Waals surface area contributed by atoms with Crippen LogP contribution in [-0.2, 0) is 13.0 Å². The summed E-state index contributed by atoms with van der Waals surface area (Å²) in [6.45, 7) is 7.46. The van der Waals surface area contributed by atoms with Gasteiger partial charge < -0.3 is 15.2 Å². The Morgan fingerprint density at radius 1 is 1.04 bits per heavy atom. The van der Waals surface area contributed by atoms with Crippen molar-refractivity contribution in [2.24, 2.45) is 0 Å². The molecule has 128 valence electrons. The third-order valence-electron chi connectivity index (χ3n) is 5.32. The number of hydrogen-bond acceptors (Lipinski definition) is 4. The van der Waals surface area contributed by atoms with Gasteiger partial charge in [0.2, 0.25) is 0 Å². The van der Waals surface area contributed by atoms with Crippen molar-refractivity contribution in [3.05, 3.63) is 45.9 Å². The highest BCUT2D eigenvalue weighted by Crippen LogP contribution is 2.23. The van der Waals surface area contributed by atoms with Gasteiger partial charge in [-0.1, -0.05) is 18.2 Å². The van der Waals surface area contributed by atoms with Gasteiger partial charge >= 0.3 is 0 Å². The maximum atomic E-state index is 12.3. The molecule has 2 aliphatic rings. The highest BCUT2D eigenvalue weighted by atomic mass is 16.1. The van der Waals surface area contributed by atoms with Gasteiger partial charge in [0.1, 0.15) is 0 Å². The number of benzene rings is 1. The second-order valence-corrected chi connectivity index (χ2v) is 6.97. The molecule has 1 aromatic carbocycles. The fraction of sp³-hybridized carbons (Fsp3) is 0.526. The summed E-state index contributed by atoms with van der Waals surface area (Å²) in [6, 6.07) is 7.95. The topological polar surface area (TPSA) is 51.4 Å². The zero-order valence-electron chi connectivity index (χ0n) is 14.2. The Morgan fingerprint density at radius 3 is 2.67 bits per heavy atom. The van der Waals surface area contributed by atoms with Crippen molar-refractivity contribution in [1.29, 1.82) is 0 Å². The SMILES string of the molecule is O=c1[nH]c2c(c3ccccc13)CCN(CNCCN1CCCC1)C2. The van der Waals surface area contributed by atoms with Gasteiger partial charge in [0, 0.05) is 43.9 Å². The summed E-state index contributed by atoms with van der Waals surface area (Å²) < 4.78 is 0. The lowest BCUT2D eigenvalue weighted by Gasteiger charge is -2.29. The molecule has 0 saturated carbocycles. The molecule has 5 nitrogen and oxygen atoms in total. The average Bonchev–Trinajstić information content (AvgIpc) is 3.12. The lowest BCUT2D eigenvalue weighted by Crippen LogP contribution is -2.41. The molecule has 0 radical (unpaired) electrons. The molecule has 1 saturated heterocycles. The first kappa shape index (κ1) is 15.8. The van der Waals surface area contributed by atoms with E-state index in [0.29, 0.717) is 0 Å². The van der Waals surface area contributed by atoms with Gasteiger partial charge in [-0.3, -0.25) is 9.69 Å². The molecule has 4 rings (SSSR count). The summed E-state index contributed by atoms with van der Waals surface area (Å²) in [4.78, 5) is 20.3. The van der Waals surface area contributed by atoms with Crippen molar-refractivity contribution < 1.29 is 0 Å². The van der Waals surface area contributed by atoms with E-state index in [4.69, 9.17) is 0 Å². The van der Waals surface area contributed by atoms with Crippen molar-refractivity contribution >= 4 is 10.8 Å². The number of aromatic amines is 1. The van der Waals surface area contributed by atoms with E-state index in [1.165, 1.54) is 31.5 Å². The Morgan fingerprint density at radius 2 is 1.83 bits per heavy atom. The molecule has 2 N–H and O–H groups in total. The molecule has 2 aromatic rings. The van der Waals surface area contributed by atoms with Gasteiger partial charge in [-0.25, -0.2) is 0 Å². The summed E-state index contributed by atoms with van der Waals surface area (Å²) in [5.74, 6) is 0. The smallest absolute Gasteiger partial charge is 0.256 e. The van der Waals surface area contributed by atoms with Crippen molar-refractivity contribution in [3.8, 4) is 0 Å². The summed E-state index contributed by atoms with van der Waals surface area (Å²) >= 11 is 0. The summed E-state index contributed by atoms with van der Waals surface area (Å²) in [6.07, 6.45) is 3.70. The van der Waals surface area contributed by atoms with E-state index in [-0.39, 0.29) is 5.56 Å². The van der Waals surface area contributed by atoms with Crippen LogP contribution < -0.4 is 10.9 Å². The maximum Gasteiger partial charge on any atom is 0.256 e. The van der Waals surface area contributed by atoms with Crippen molar-refractivity contribution in [2.45, 2.75) is 25.8 Å². The quantitative estimate of drug-likeness (QED) is 0.818. The zero-order valence-corrected chi connectivity index (χ0v) is 14.2. The van der Waals surface area contributed by atoms with Gasteiger partial charge in [0.15, 0.2) is 0 Å². The first-order chi connectivity index (χ1) is 11.8. The molecule has 2 aliphatic heterocycles. The van der Waals surface area contributed by atoms with Crippen LogP contribution in [0, 0.1) is 0 Å². The molecule has 0 atom stereocenters. The summed E-state index contributed by atoms with van der Waals surface area (Å²) in [5.41, 5.74) is 2.44. The normalized spacial score (nSPS) is 19.0. The van der Waals surface area contributed by atoms with E-state index in [1.54, 1.807) is 0 Å². The molecule has 1 aromatic heterocycles. The molecule has 0 amide bonds. The molecule has 3 heterocycles. The van der Waals surface area contributed by atoms with E-state index in [2.05, 4.69) is 26.2 Å². The number of aromatic nitrogens is 1. The van der Waals surface area contributed by atoms with Gasteiger partial charge in [0.25, 0.3) is 5.56 Å². The van der Waals surface area contributed by atoms with E-state index < -0.39 is 0 Å². The number of hydrogen-bond donors (Lipinski definition) is 2. The molecule has 1 fully saturated rings. The van der Waals surface area contributed by atoms with Crippen LogP contribution >= 0.6 is 0 Å². The third-order valence-corrected chi connectivity index (χ3v) is 5.32. The second-order valence-electron chi connectivity index (χ2n) is 6.97. The Balaban J connectivity index is 1.38. The van der Waals surface area contributed by atoms with Crippen LogP contribution in [0.25, 0.3) is 10.8 Å². The molecule has 0 bridgehead atoms. The van der Waals surface area contributed by atoms with Crippen LogP contribution in [0.3, 0.4) is 0 Å². The molecular formula is C19H26N4O. The first-order valence-corrected chi connectivity index (χ1v) is 9.09. The number of fused-ring (bicyclic) bond motifs is 3. The lowest BCUT2D eigenvalue weighted by atomic mass is 9.98. The highest BCUT2D eigenvalue weighted by Gasteiger charge is 2.19. The second kappa shape index (κ2) is 7.05. The third kappa shape index (κ3) is 3.24. The van der Waals surface area contributed by atoms with Gasteiger partial charge in [-0.15, -0.1) is 0 Å². The molecular weight excluding hydrogens is 300 g/mol. The van der Waals surface area contributed by atoms with Gasteiger partial charge in [-0.2, -0.15) is 0 Å². The largest absolute Gasteiger partial charge is 0.324 e. The van der Waals surface area contributed by atoms with Crippen LogP contribution in [-0.4, -0.2) is 54.2 Å². The fourth-order valence-corrected chi connectivity index (χ4v) is 4.00. The average molecular weight is 326 g/mol. The minimum atomic E-state index is 0.0354. The Kier molecular flexibility index (Phi) is 4.65. The number of likely N-dealkylation sites (tertiary alicyclic amines) is 1. The lowest BCUT2D eigenvalue weighted by molar-refractivity contribution is 0.224. The van der Waals surface area contributed by atoms with Crippen LogP contribution in [0.15, 0.2) is 29.1 Å². The summed E-state index contributed by atoms with van der Waals surface area (Å²) in [5, 5.41) is 5.49. The zero-order chi connectivity index (χ0) is 16.4. The van der Waals surface area contributed by atoms with Crippen LogP contribution in [0.1, 0.15) is 24.1 Å². The van der Waals surface area contributed by atoms with Gasteiger partial charge in [0.05, 0.1) is 0 Å². The molecule has 0 unspecified atom stereocenters. The van der Waals surface area contributed by atoms with E-state index in [1.807, 2.05) is 18.2 Å². The predicted molar refractivity (Wildman–Crippen MR) is 97.2 cm³/mol.